The molecule has 1 atom stereocenters. The van der Waals surface area contributed by atoms with Crippen molar-refractivity contribution >= 4 is 43.5 Å². The third-order valence-corrected chi connectivity index (χ3v) is 3.85. The maximum atomic E-state index is 12.1. The Kier molecular flexibility index (Phi) is 4.55. The summed E-state index contributed by atoms with van der Waals surface area (Å²) in [5.74, 6) is 0.0430. The molecule has 0 spiro atoms. The molecule has 0 aliphatic carbocycles. The zero-order valence-electron chi connectivity index (χ0n) is 10.9. The van der Waals surface area contributed by atoms with Crippen molar-refractivity contribution < 1.29 is 13.9 Å². The number of hydrogen-bond acceptors (Lipinski definition) is 4. The average Bonchev–Trinajstić information content (AvgIpc) is 2.87. The first-order valence-corrected chi connectivity index (χ1v) is 7.42. The standard InChI is InChI=1S/C14H13Br2NO3/c1-14(13(18)19-2,11-7-8-12(16)20-11)17-10-5-3-9(15)4-6-10/h3-8,17H,1-2H3. The van der Waals surface area contributed by atoms with Crippen LogP contribution in [0.15, 0.2) is 50.0 Å². The van der Waals surface area contributed by atoms with Crippen LogP contribution in [0.4, 0.5) is 5.69 Å². The number of furan rings is 1. The van der Waals surface area contributed by atoms with Gasteiger partial charge in [0.05, 0.1) is 7.11 Å². The third-order valence-electron chi connectivity index (χ3n) is 2.90. The number of carbonyl (C=O) groups excluding carboxylic acids is 1. The van der Waals surface area contributed by atoms with Crippen molar-refractivity contribution in [1.29, 1.82) is 0 Å². The van der Waals surface area contributed by atoms with E-state index in [2.05, 4.69) is 37.2 Å². The van der Waals surface area contributed by atoms with Crippen molar-refractivity contribution in [2.75, 3.05) is 12.4 Å². The van der Waals surface area contributed by atoms with Crippen LogP contribution in [0.5, 0.6) is 0 Å². The van der Waals surface area contributed by atoms with Gasteiger partial charge in [0.1, 0.15) is 5.76 Å². The van der Waals surface area contributed by atoms with E-state index >= 15 is 0 Å². The minimum Gasteiger partial charge on any atom is -0.467 e. The Morgan fingerprint density at radius 3 is 2.35 bits per heavy atom. The van der Waals surface area contributed by atoms with Crippen LogP contribution in [-0.4, -0.2) is 13.1 Å². The fraction of sp³-hybridized carbons (Fsp3) is 0.214. The van der Waals surface area contributed by atoms with Gasteiger partial charge in [-0.05, 0) is 59.3 Å². The molecule has 0 aliphatic rings. The number of hydrogen-bond donors (Lipinski definition) is 1. The fourth-order valence-electron chi connectivity index (χ4n) is 1.82. The van der Waals surface area contributed by atoms with E-state index < -0.39 is 11.5 Å². The molecule has 0 amide bonds. The van der Waals surface area contributed by atoms with E-state index in [0.717, 1.165) is 10.2 Å². The molecule has 0 radical (unpaired) electrons. The van der Waals surface area contributed by atoms with E-state index in [4.69, 9.17) is 9.15 Å². The molecule has 20 heavy (non-hydrogen) atoms. The SMILES string of the molecule is COC(=O)C(C)(Nc1ccc(Br)cc1)c1ccc(Br)o1. The number of esters is 1. The van der Waals surface area contributed by atoms with Gasteiger partial charge in [-0.25, -0.2) is 4.79 Å². The smallest absolute Gasteiger partial charge is 0.339 e. The normalized spacial score (nSPS) is 13.6. The van der Waals surface area contributed by atoms with Gasteiger partial charge in [0.25, 0.3) is 0 Å². The molecule has 1 N–H and O–H groups in total. The van der Waals surface area contributed by atoms with Crippen LogP contribution in [0.3, 0.4) is 0 Å². The lowest BCUT2D eigenvalue weighted by atomic mass is 9.98. The lowest BCUT2D eigenvalue weighted by Gasteiger charge is -2.27. The zero-order valence-corrected chi connectivity index (χ0v) is 14.1. The van der Waals surface area contributed by atoms with Crippen LogP contribution < -0.4 is 5.32 Å². The van der Waals surface area contributed by atoms with Crippen molar-refractivity contribution in [2.24, 2.45) is 0 Å². The van der Waals surface area contributed by atoms with E-state index in [1.165, 1.54) is 7.11 Å². The second-order valence-corrected chi connectivity index (χ2v) is 6.05. The summed E-state index contributed by atoms with van der Waals surface area (Å²) in [6.07, 6.45) is 0. The first kappa shape index (κ1) is 15.1. The van der Waals surface area contributed by atoms with Crippen molar-refractivity contribution in [2.45, 2.75) is 12.5 Å². The number of nitrogens with one attached hydrogen (secondary N) is 1. The van der Waals surface area contributed by atoms with Crippen LogP contribution in [-0.2, 0) is 15.1 Å². The maximum absolute atomic E-state index is 12.1. The highest BCUT2D eigenvalue weighted by molar-refractivity contribution is 9.10. The average molecular weight is 403 g/mol. The predicted molar refractivity (Wildman–Crippen MR) is 83.5 cm³/mol. The summed E-state index contributed by atoms with van der Waals surface area (Å²) < 4.78 is 11.9. The third kappa shape index (κ3) is 3.07. The molecule has 4 nitrogen and oxygen atoms in total. The predicted octanol–water partition coefficient (Wildman–Crippen LogP) is 4.30. The highest BCUT2D eigenvalue weighted by Gasteiger charge is 2.39. The summed E-state index contributed by atoms with van der Waals surface area (Å²) in [7, 11) is 1.35. The van der Waals surface area contributed by atoms with Crippen LogP contribution >= 0.6 is 31.9 Å². The molecular weight excluding hydrogens is 390 g/mol. The Labute approximate surface area is 133 Å². The second kappa shape index (κ2) is 6.01. The van der Waals surface area contributed by atoms with Crippen LogP contribution in [0.25, 0.3) is 0 Å². The van der Waals surface area contributed by atoms with Gasteiger partial charge in [0, 0.05) is 10.2 Å². The molecule has 2 aromatic rings. The minimum absolute atomic E-state index is 0.428. The largest absolute Gasteiger partial charge is 0.467 e. The van der Waals surface area contributed by atoms with E-state index in [0.29, 0.717) is 10.4 Å². The van der Waals surface area contributed by atoms with Gasteiger partial charge in [-0.1, -0.05) is 15.9 Å². The van der Waals surface area contributed by atoms with Gasteiger partial charge in [-0.15, -0.1) is 0 Å². The molecule has 2 rings (SSSR count). The van der Waals surface area contributed by atoms with E-state index in [9.17, 15) is 4.79 Å². The zero-order chi connectivity index (χ0) is 14.8. The summed E-state index contributed by atoms with van der Waals surface area (Å²) >= 11 is 6.61. The van der Waals surface area contributed by atoms with Gasteiger partial charge >= 0.3 is 5.97 Å². The van der Waals surface area contributed by atoms with Crippen LogP contribution in [0.1, 0.15) is 12.7 Å². The van der Waals surface area contributed by atoms with Crippen LogP contribution in [0.2, 0.25) is 0 Å². The fourth-order valence-corrected chi connectivity index (χ4v) is 2.39. The molecule has 0 saturated heterocycles. The lowest BCUT2D eigenvalue weighted by molar-refractivity contribution is -0.146. The number of anilines is 1. The quantitative estimate of drug-likeness (QED) is 0.774. The molecule has 0 saturated carbocycles. The van der Waals surface area contributed by atoms with E-state index in [1.807, 2.05) is 24.3 Å². The molecule has 0 aliphatic heterocycles. The molecule has 0 fully saturated rings. The molecule has 1 aromatic carbocycles. The monoisotopic (exact) mass is 401 g/mol. The molecule has 106 valence electrons. The first-order valence-electron chi connectivity index (χ1n) is 5.83. The topological polar surface area (TPSA) is 51.5 Å². The highest BCUT2D eigenvalue weighted by Crippen LogP contribution is 2.31. The van der Waals surface area contributed by atoms with Gasteiger partial charge in [-0.2, -0.15) is 0 Å². The molecule has 6 heteroatoms. The number of rotatable bonds is 4. The Morgan fingerprint density at radius 1 is 1.20 bits per heavy atom. The Bertz CT molecular complexity index is 609. The summed E-state index contributed by atoms with van der Waals surface area (Å²) in [5.41, 5.74) is -0.317. The van der Waals surface area contributed by atoms with Crippen molar-refractivity contribution in [3.63, 3.8) is 0 Å². The minimum atomic E-state index is -1.10. The summed E-state index contributed by atoms with van der Waals surface area (Å²) in [5, 5.41) is 3.15. The number of benzene rings is 1. The van der Waals surface area contributed by atoms with Gasteiger partial charge in [0.2, 0.25) is 0 Å². The van der Waals surface area contributed by atoms with Crippen LogP contribution in [0, 0.1) is 0 Å². The van der Waals surface area contributed by atoms with E-state index in [-0.39, 0.29) is 0 Å². The lowest BCUT2D eigenvalue weighted by Crippen LogP contribution is -2.41. The Morgan fingerprint density at radius 2 is 1.85 bits per heavy atom. The number of carbonyl (C=O) groups is 1. The maximum Gasteiger partial charge on any atom is 0.339 e. The Hall–Kier alpha value is -1.27. The summed E-state index contributed by atoms with van der Waals surface area (Å²) in [4.78, 5) is 12.1. The van der Waals surface area contributed by atoms with Gasteiger partial charge in [0.15, 0.2) is 10.2 Å². The van der Waals surface area contributed by atoms with E-state index in [1.54, 1.807) is 19.1 Å². The highest BCUT2D eigenvalue weighted by atomic mass is 79.9. The van der Waals surface area contributed by atoms with Crippen molar-refractivity contribution in [3.05, 3.63) is 51.3 Å². The number of ether oxygens (including phenoxy) is 1. The Balaban J connectivity index is 2.37. The first-order chi connectivity index (χ1) is 9.45. The molecule has 1 aromatic heterocycles. The summed E-state index contributed by atoms with van der Waals surface area (Å²) in [6.45, 7) is 1.71. The molecule has 1 unspecified atom stereocenters. The van der Waals surface area contributed by atoms with Gasteiger partial charge in [-0.3, -0.25) is 0 Å². The molecule has 1 heterocycles. The summed E-state index contributed by atoms with van der Waals surface area (Å²) in [6, 6.07) is 11.0. The van der Waals surface area contributed by atoms with Crippen molar-refractivity contribution in [3.8, 4) is 0 Å². The van der Waals surface area contributed by atoms with Gasteiger partial charge < -0.3 is 14.5 Å². The number of methoxy groups -OCH3 is 1. The number of halogens is 2. The second-order valence-electron chi connectivity index (χ2n) is 4.35. The van der Waals surface area contributed by atoms with Crippen molar-refractivity contribution in [1.82, 2.24) is 0 Å². The molecule has 0 bridgehead atoms. The molecular formula is C14H13Br2NO3.